The maximum absolute atomic E-state index is 12.4. The fourth-order valence-electron chi connectivity index (χ4n) is 1.12. The van der Waals surface area contributed by atoms with Crippen LogP contribution in [0.2, 0.25) is 0 Å². The molecule has 0 aliphatic heterocycles. The summed E-state index contributed by atoms with van der Waals surface area (Å²) in [6.45, 7) is 1.49. The minimum atomic E-state index is -2.93. The van der Waals surface area contributed by atoms with E-state index in [9.17, 15) is 18.9 Å². The Bertz CT molecular complexity index is 396. The van der Waals surface area contributed by atoms with Crippen LogP contribution >= 0.6 is 0 Å². The molecule has 1 aromatic rings. The topological polar surface area (TPSA) is 65.3 Å². The smallest absolute Gasteiger partial charge is 0.376 e. The Balaban J connectivity index is 3.39. The largest absolute Gasteiger partial charge is 0.463 e. The first-order valence-corrected chi connectivity index (χ1v) is 3.95. The lowest BCUT2D eigenvalue weighted by molar-refractivity contribution is -0.391. The third kappa shape index (κ3) is 2.17. The standard InChI is InChI=1S/C8H8F2N2O3/c1-4-3-5(6(9)10)7(12(13)14)11-8(4)15-2/h3,6H,1-2H3. The van der Waals surface area contributed by atoms with Gasteiger partial charge in [-0.25, -0.2) is 8.78 Å². The summed E-state index contributed by atoms with van der Waals surface area (Å²) in [6, 6.07) is 1.01. The van der Waals surface area contributed by atoms with Crippen molar-refractivity contribution in [2.75, 3.05) is 7.11 Å². The number of rotatable bonds is 3. The molecule has 0 amide bonds. The van der Waals surface area contributed by atoms with Gasteiger partial charge in [0.05, 0.1) is 7.11 Å². The first-order chi connectivity index (χ1) is 6.97. The van der Waals surface area contributed by atoms with Crippen LogP contribution in [0.3, 0.4) is 0 Å². The second-order valence-electron chi connectivity index (χ2n) is 2.79. The molecule has 1 aromatic heterocycles. The molecule has 15 heavy (non-hydrogen) atoms. The Morgan fingerprint density at radius 3 is 2.60 bits per heavy atom. The van der Waals surface area contributed by atoms with Crippen LogP contribution in [0.25, 0.3) is 0 Å². The number of aromatic nitrogens is 1. The van der Waals surface area contributed by atoms with Gasteiger partial charge in [0, 0.05) is 10.5 Å². The molecular weight excluding hydrogens is 210 g/mol. The van der Waals surface area contributed by atoms with Crippen molar-refractivity contribution in [3.8, 4) is 5.88 Å². The minimum Gasteiger partial charge on any atom is -0.463 e. The number of ether oxygens (including phenoxy) is 1. The summed E-state index contributed by atoms with van der Waals surface area (Å²) in [5.74, 6) is -0.890. The van der Waals surface area contributed by atoms with Crippen molar-refractivity contribution < 1.29 is 18.4 Å². The second kappa shape index (κ2) is 4.16. The highest BCUT2D eigenvalue weighted by atomic mass is 19.3. The van der Waals surface area contributed by atoms with Gasteiger partial charge in [-0.15, -0.1) is 0 Å². The van der Waals surface area contributed by atoms with Crippen molar-refractivity contribution in [1.29, 1.82) is 0 Å². The van der Waals surface area contributed by atoms with E-state index < -0.39 is 22.7 Å². The summed E-state index contributed by atoms with van der Waals surface area (Å²) in [7, 11) is 1.26. The lowest BCUT2D eigenvalue weighted by Crippen LogP contribution is -2.02. The number of alkyl halides is 2. The predicted molar refractivity (Wildman–Crippen MR) is 47.1 cm³/mol. The van der Waals surface area contributed by atoms with Gasteiger partial charge in [-0.05, 0) is 17.9 Å². The zero-order chi connectivity index (χ0) is 11.6. The van der Waals surface area contributed by atoms with Gasteiger partial charge in [0.2, 0.25) is 0 Å². The molecule has 1 heterocycles. The van der Waals surface area contributed by atoms with E-state index in [-0.39, 0.29) is 5.88 Å². The molecule has 0 saturated heterocycles. The van der Waals surface area contributed by atoms with Gasteiger partial charge in [0.15, 0.2) is 0 Å². The molecule has 0 fully saturated rings. The Kier molecular flexibility index (Phi) is 3.13. The van der Waals surface area contributed by atoms with E-state index in [0.29, 0.717) is 5.56 Å². The van der Waals surface area contributed by atoms with E-state index in [2.05, 4.69) is 4.98 Å². The molecule has 82 valence electrons. The predicted octanol–water partition coefficient (Wildman–Crippen LogP) is 2.24. The van der Waals surface area contributed by atoms with Crippen molar-refractivity contribution in [3.63, 3.8) is 0 Å². The molecule has 5 nitrogen and oxygen atoms in total. The number of aryl methyl sites for hydroxylation is 1. The molecule has 7 heteroatoms. The average Bonchev–Trinajstić information content (AvgIpc) is 2.16. The summed E-state index contributed by atoms with van der Waals surface area (Å²) in [5, 5.41) is 10.5. The maximum atomic E-state index is 12.4. The van der Waals surface area contributed by atoms with Gasteiger partial charge in [-0.1, -0.05) is 0 Å². The zero-order valence-electron chi connectivity index (χ0n) is 8.03. The Morgan fingerprint density at radius 1 is 1.60 bits per heavy atom. The molecule has 0 spiro atoms. The number of methoxy groups -OCH3 is 1. The molecule has 0 radical (unpaired) electrons. The van der Waals surface area contributed by atoms with Gasteiger partial charge in [0.1, 0.15) is 5.56 Å². The summed E-state index contributed by atoms with van der Waals surface area (Å²) in [5.41, 5.74) is -0.364. The van der Waals surface area contributed by atoms with Crippen LogP contribution in [0.15, 0.2) is 6.07 Å². The van der Waals surface area contributed by atoms with Crippen LogP contribution < -0.4 is 4.74 Å². The first kappa shape index (κ1) is 11.3. The normalized spacial score (nSPS) is 10.5. The van der Waals surface area contributed by atoms with E-state index in [1.807, 2.05) is 0 Å². The summed E-state index contributed by atoms with van der Waals surface area (Å²) in [4.78, 5) is 12.9. The van der Waals surface area contributed by atoms with E-state index in [1.165, 1.54) is 14.0 Å². The van der Waals surface area contributed by atoms with Crippen molar-refractivity contribution in [3.05, 3.63) is 27.3 Å². The Hall–Kier alpha value is -1.79. The first-order valence-electron chi connectivity index (χ1n) is 3.95. The van der Waals surface area contributed by atoms with E-state index >= 15 is 0 Å². The van der Waals surface area contributed by atoms with Crippen LogP contribution in [0.4, 0.5) is 14.6 Å². The summed E-state index contributed by atoms with van der Waals surface area (Å²) >= 11 is 0. The average molecular weight is 218 g/mol. The number of nitrogens with zero attached hydrogens (tertiary/aromatic N) is 2. The number of hydrogen-bond acceptors (Lipinski definition) is 4. The Morgan fingerprint density at radius 2 is 2.20 bits per heavy atom. The van der Waals surface area contributed by atoms with E-state index in [0.717, 1.165) is 6.07 Å². The molecule has 0 aromatic carbocycles. The molecule has 0 bridgehead atoms. The van der Waals surface area contributed by atoms with Crippen LogP contribution in [0.1, 0.15) is 17.6 Å². The molecular formula is C8H8F2N2O3. The van der Waals surface area contributed by atoms with Crippen molar-refractivity contribution in [2.24, 2.45) is 0 Å². The van der Waals surface area contributed by atoms with Crippen LogP contribution in [-0.4, -0.2) is 17.0 Å². The number of halogens is 2. The van der Waals surface area contributed by atoms with Crippen molar-refractivity contribution in [2.45, 2.75) is 13.3 Å². The van der Waals surface area contributed by atoms with Gasteiger partial charge in [-0.3, -0.25) is 0 Å². The van der Waals surface area contributed by atoms with Crippen LogP contribution in [-0.2, 0) is 0 Å². The van der Waals surface area contributed by atoms with Gasteiger partial charge < -0.3 is 14.9 Å². The quantitative estimate of drug-likeness (QED) is 0.576. The van der Waals surface area contributed by atoms with Gasteiger partial charge >= 0.3 is 11.7 Å². The number of hydrogen-bond donors (Lipinski definition) is 0. The van der Waals surface area contributed by atoms with Gasteiger partial charge in [0.25, 0.3) is 6.43 Å². The third-order valence-corrected chi connectivity index (χ3v) is 1.78. The molecule has 0 aliphatic rings. The third-order valence-electron chi connectivity index (χ3n) is 1.78. The second-order valence-corrected chi connectivity index (χ2v) is 2.79. The summed E-state index contributed by atoms with van der Waals surface area (Å²) < 4.78 is 29.5. The lowest BCUT2D eigenvalue weighted by Gasteiger charge is -2.04. The molecule has 0 saturated carbocycles. The maximum Gasteiger partial charge on any atom is 0.376 e. The number of nitro groups is 1. The molecule has 1 rings (SSSR count). The fraction of sp³-hybridized carbons (Fsp3) is 0.375. The van der Waals surface area contributed by atoms with Crippen molar-refractivity contribution >= 4 is 5.82 Å². The van der Waals surface area contributed by atoms with Crippen LogP contribution in [0, 0.1) is 17.0 Å². The number of pyridine rings is 1. The fourth-order valence-corrected chi connectivity index (χ4v) is 1.12. The molecule has 0 N–H and O–H groups in total. The monoisotopic (exact) mass is 218 g/mol. The Labute approximate surface area is 83.8 Å². The molecule has 0 atom stereocenters. The van der Waals surface area contributed by atoms with Gasteiger partial charge in [-0.2, -0.15) is 0 Å². The van der Waals surface area contributed by atoms with E-state index in [4.69, 9.17) is 4.74 Å². The zero-order valence-corrected chi connectivity index (χ0v) is 8.03. The minimum absolute atomic E-state index is 0.0221. The highest BCUT2D eigenvalue weighted by Crippen LogP contribution is 2.31. The van der Waals surface area contributed by atoms with Crippen LogP contribution in [0.5, 0.6) is 5.88 Å². The highest BCUT2D eigenvalue weighted by molar-refractivity contribution is 5.41. The molecule has 0 aliphatic carbocycles. The van der Waals surface area contributed by atoms with E-state index in [1.54, 1.807) is 0 Å². The lowest BCUT2D eigenvalue weighted by atomic mass is 10.2. The van der Waals surface area contributed by atoms with Crippen molar-refractivity contribution in [1.82, 2.24) is 4.98 Å². The SMILES string of the molecule is COc1nc([N+](=O)[O-])c(C(F)F)cc1C. The highest BCUT2D eigenvalue weighted by Gasteiger charge is 2.26. The molecule has 0 unspecified atom stereocenters. The summed E-state index contributed by atoms with van der Waals surface area (Å²) in [6.07, 6.45) is -2.93.